The molecule has 0 spiro atoms. The number of hydrogen-bond donors (Lipinski definition) is 2. The van der Waals surface area contributed by atoms with Crippen LogP contribution in [0.1, 0.15) is 53.9 Å². The summed E-state index contributed by atoms with van der Waals surface area (Å²) in [5, 5.41) is 5.74. The first-order chi connectivity index (χ1) is 14.3. The third-order valence-corrected chi connectivity index (χ3v) is 4.65. The van der Waals surface area contributed by atoms with E-state index in [-0.39, 0.29) is 29.8 Å². The summed E-state index contributed by atoms with van der Waals surface area (Å²) >= 11 is 0. The number of hydrogen-bond acceptors (Lipinski definition) is 6. The lowest BCUT2D eigenvalue weighted by atomic mass is 9.88. The van der Waals surface area contributed by atoms with E-state index in [4.69, 9.17) is 18.9 Å². The van der Waals surface area contributed by atoms with Gasteiger partial charge in [0.25, 0.3) is 0 Å². The van der Waals surface area contributed by atoms with E-state index in [2.05, 4.69) is 31.4 Å². The molecule has 2 amide bonds. The molecule has 30 heavy (non-hydrogen) atoms. The Kier molecular flexibility index (Phi) is 17.8. The molecule has 0 aromatic rings. The van der Waals surface area contributed by atoms with Crippen LogP contribution in [0.25, 0.3) is 0 Å². The van der Waals surface area contributed by atoms with Crippen molar-refractivity contribution >= 4 is 11.8 Å². The van der Waals surface area contributed by atoms with Gasteiger partial charge in [0.1, 0.15) is 6.61 Å². The first-order valence-corrected chi connectivity index (χ1v) is 11.2. The van der Waals surface area contributed by atoms with Crippen LogP contribution in [0, 0.1) is 11.3 Å². The molecule has 178 valence electrons. The fourth-order valence-electron chi connectivity index (χ4n) is 2.58. The Bertz CT molecular complexity index is 445. The number of ether oxygens (including phenoxy) is 4. The molecule has 1 atom stereocenters. The molecular weight excluding hydrogens is 388 g/mol. The van der Waals surface area contributed by atoms with Gasteiger partial charge in [-0.25, -0.2) is 0 Å². The van der Waals surface area contributed by atoms with Crippen LogP contribution in [-0.4, -0.2) is 77.8 Å². The molecule has 0 aliphatic carbocycles. The number of carbonyl (C=O) groups is 2. The quantitative estimate of drug-likeness (QED) is 0.286. The number of carbonyl (C=O) groups excluding carboxylic acids is 2. The van der Waals surface area contributed by atoms with Gasteiger partial charge < -0.3 is 29.6 Å². The maximum absolute atomic E-state index is 11.7. The molecule has 0 aliphatic heterocycles. The van der Waals surface area contributed by atoms with Crippen LogP contribution in [0.4, 0.5) is 0 Å². The first-order valence-electron chi connectivity index (χ1n) is 11.2. The van der Waals surface area contributed by atoms with Crippen molar-refractivity contribution in [1.82, 2.24) is 10.6 Å². The first kappa shape index (κ1) is 28.8. The third kappa shape index (κ3) is 17.6. The highest BCUT2D eigenvalue weighted by molar-refractivity contribution is 5.78. The molecule has 0 rings (SSSR count). The third-order valence-electron chi connectivity index (χ3n) is 4.65. The average Bonchev–Trinajstić information content (AvgIpc) is 2.71. The summed E-state index contributed by atoms with van der Waals surface area (Å²) in [6, 6.07) is 0. The molecule has 8 nitrogen and oxygen atoms in total. The van der Waals surface area contributed by atoms with Gasteiger partial charge >= 0.3 is 0 Å². The summed E-state index contributed by atoms with van der Waals surface area (Å²) in [6.45, 7) is 14.7. The molecule has 1 unspecified atom stereocenters. The largest absolute Gasteiger partial charge is 0.377 e. The lowest BCUT2D eigenvalue weighted by Gasteiger charge is -2.24. The molecular formula is C22H44N2O6. The second-order valence-corrected chi connectivity index (χ2v) is 8.18. The van der Waals surface area contributed by atoms with Crippen molar-refractivity contribution in [3.8, 4) is 0 Å². The van der Waals surface area contributed by atoms with Crippen LogP contribution < -0.4 is 10.6 Å². The molecule has 0 fully saturated rings. The van der Waals surface area contributed by atoms with E-state index in [0.717, 1.165) is 19.3 Å². The molecule has 2 N–H and O–H groups in total. The molecule has 0 saturated heterocycles. The van der Waals surface area contributed by atoms with Crippen molar-refractivity contribution < 1.29 is 28.5 Å². The normalized spacial score (nSPS) is 12.6. The standard InChI is InChI=1S/C22H44N2O6/c1-6-8-22(4,5)18-24-20(25)17-30-16-15-29-14-13-28-12-11-27-10-9-23-21(26)19(3)7-2/h19H,6-18H2,1-5H3,(H,23,26)(H,24,25). The number of amides is 2. The summed E-state index contributed by atoms with van der Waals surface area (Å²) in [5.74, 6) is 0.0100. The molecule has 0 bridgehead atoms. The van der Waals surface area contributed by atoms with Gasteiger partial charge in [-0.2, -0.15) is 0 Å². The van der Waals surface area contributed by atoms with Crippen molar-refractivity contribution in [1.29, 1.82) is 0 Å². The minimum atomic E-state index is -0.0954. The van der Waals surface area contributed by atoms with Crippen molar-refractivity contribution in [3.63, 3.8) is 0 Å². The molecule has 0 aromatic heterocycles. The fraction of sp³-hybridized carbons (Fsp3) is 0.909. The molecule has 0 aliphatic rings. The van der Waals surface area contributed by atoms with E-state index in [0.29, 0.717) is 59.3 Å². The molecule has 0 aromatic carbocycles. The van der Waals surface area contributed by atoms with Crippen LogP contribution in [-0.2, 0) is 28.5 Å². The summed E-state index contributed by atoms with van der Waals surface area (Å²) in [5.41, 5.74) is 0.113. The number of nitrogens with one attached hydrogen (secondary N) is 2. The maximum Gasteiger partial charge on any atom is 0.246 e. The van der Waals surface area contributed by atoms with Gasteiger partial charge in [0.05, 0.1) is 46.2 Å². The van der Waals surface area contributed by atoms with Crippen molar-refractivity contribution in [2.24, 2.45) is 11.3 Å². The van der Waals surface area contributed by atoms with Gasteiger partial charge in [-0.05, 0) is 18.3 Å². The van der Waals surface area contributed by atoms with Gasteiger partial charge in [-0.3, -0.25) is 9.59 Å². The lowest BCUT2D eigenvalue weighted by Crippen LogP contribution is -2.36. The minimum Gasteiger partial charge on any atom is -0.377 e. The summed E-state index contributed by atoms with van der Waals surface area (Å²) in [4.78, 5) is 23.3. The minimum absolute atomic E-state index is 0.0406. The summed E-state index contributed by atoms with van der Waals surface area (Å²) in [7, 11) is 0. The topological polar surface area (TPSA) is 95.1 Å². The molecule has 8 heteroatoms. The zero-order valence-corrected chi connectivity index (χ0v) is 19.7. The molecule has 0 saturated carbocycles. The predicted molar refractivity (Wildman–Crippen MR) is 117 cm³/mol. The Morgan fingerprint density at radius 2 is 1.37 bits per heavy atom. The Labute approximate surface area is 182 Å². The highest BCUT2D eigenvalue weighted by atomic mass is 16.6. The zero-order chi connectivity index (χ0) is 22.7. The smallest absolute Gasteiger partial charge is 0.246 e. The van der Waals surface area contributed by atoms with Crippen LogP contribution in [0.15, 0.2) is 0 Å². The van der Waals surface area contributed by atoms with E-state index in [9.17, 15) is 9.59 Å². The van der Waals surface area contributed by atoms with Gasteiger partial charge in [-0.15, -0.1) is 0 Å². The SMILES string of the molecule is CCCC(C)(C)CNC(=O)COCCOCCOCCOCCNC(=O)C(C)CC. The van der Waals surface area contributed by atoms with Gasteiger partial charge in [0, 0.05) is 19.0 Å². The van der Waals surface area contributed by atoms with Crippen LogP contribution >= 0.6 is 0 Å². The predicted octanol–water partition coefficient (Wildman–Crippen LogP) is 2.16. The number of rotatable bonds is 20. The van der Waals surface area contributed by atoms with E-state index in [1.54, 1.807) is 0 Å². The van der Waals surface area contributed by atoms with Gasteiger partial charge in [-0.1, -0.05) is 41.0 Å². The van der Waals surface area contributed by atoms with Crippen molar-refractivity contribution in [2.45, 2.75) is 53.9 Å². The van der Waals surface area contributed by atoms with Crippen LogP contribution in [0.2, 0.25) is 0 Å². The van der Waals surface area contributed by atoms with Crippen LogP contribution in [0.3, 0.4) is 0 Å². The maximum atomic E-state index is 11.7. The van der Waals surface area contributed by atoms with Crippen molar-refractivity contribution in [2.75, 3.05) is 65.9 Å². The monoisotopic (exact) mass is 432 g/mol. The van der Waals surface area contributed by atoms with Gasteiger partial charge in [0.2, 0.25) is 11.8 Å². The van der Waals surface area contributed by atoms with Gasteiger partial charge in [0.15, 0.2) is 0 Å². The highest BCUT2D eigenvalue weighted by Gasteiger charge is 2.17. The summed E-state index contributed by atoms with van der Waals surface area (Å²) < 4.78 is 21.5. The fourth-order valence-corrected chi connectivity index (χ4v) is 2.58. The van der Waals surface area contributed by atoms with E-state index in [1.165, 1.54) is 0 Å². The molecule has 0 heterocycles. The van der Waals surface area contributed by atoms with Crippen molar-refractivity contribution in [3.05, 3.63) is 0 Å². The highest BCUT2D eigenvalue weighted by Crippen LogP contribution is 2.20. The lowest BCUT2D eigenvalue weighted by molar-refractivity contribution is -0.127. The van der Waals surface area contributed by atoms with E-state index in [1.807, 2.05) is 13.8 Å². The molecule has 0 radical (unpaired) electrons. The average molecular weight is 433 g/mol. The second kappa shape index (κ2) is 18.5. The Hall–Kier alpha value is -1.22. The summed E-state index contributed by atoms with van der Waals surface area (Å²) in [6.07, 6.45) is 3.01. The van der Waals surface area contributed by atoms with E-state index >= 15 is 0 Å². The Morgan fingerprint density at radius 1 is 0.833 bits per heavy atom. The second-order valence-electron chi connectivity index (χ2n) is 8.18. The Morgan fingerprint density at radius 3 is 1.90 bits per heavy atom. The zero-order valence-electron chi connectivity index (χ0n) is 19.7. The Balaban J connectivity index is 3.33. The van der Waals surface area contributed by atoms with E-state index < -0.39 is 0 Å². The van der Waals surface area contributed by atoms with Crippen LogP contribution in [0.5, 0.6) is 0 Å².